The number of aryl methyl sites for hydroxylation is 1. The first-order valence-electron chi connectivity index (χ1n) is 8.97. The maximum absolute atomic E-state index is 14.3. The number of fused-ring (bicyclic) bond motifs is 1. The lowest BCUT2D eigenvalue weighted by Gasteiger charge is -2.21. The molecule has 2 aromatic rings. The van der Waals surface area contributed by atoms with Crippen LogP contribution in [0.5, 0.6) is 0 Å². The van der Waals surface area contributed by atoms with Crippen LogP contribution in [-0.2, 0) is 17.1 Å². The molecular formula is C22H21F3O. The lowest BCUT2D eigenvalue weighted by Crippen LogP contribution is -2.29. The number of hydrogen-bond acceptors (Lipinski definition) is 1. The highest BCUT2D eigenvalue weighted by molar-refractivity contribution is 6.03. The van der Waals surface area contributed by atoms with Crippen molar-refractivity contribution in [1.82, 2.24) is 0 Å². The number of rotatable bonds is 6. The van der Waals surface area contributed by atoms with Gasteiger partial charge in [-0.2, -0.15) is 8.78 Å². The molecule has 0 amide bonds. The summed E-state index contributed by atoms with van der Waals surface area (Å²) in [5, 5.41) is 0. The summed E-state index contributed by atoms with van der Waals surface area (Å²) in [6.07, 6.45) is 7.82. The van der Waals surface area contributed by atoms with E-state index >= 15 is 0 Å². The van der Waals surface area contributed by atoms with E-state index in [0.29, 0.717) is 5.56 Å². The number of carbonyl (C=O) groups is 1. The standard InChI is InChI=1S/C22H21F3O/c1-2-3-4-5-6-15-7-9-16(10-8-15)18-13-17-11-12-20(26)22(24,25)21(17)19(23)14-18/h7-14H,2-6H2,1H3. The second-order valence-corrected chi connectivity index (χ2v) is 6.70. The number of allylic oxidation sites excluding steroid dienone is 1. The van der Waals surface area contributed by atoms with Gasteiger partial charge in [0.15, 0.2) is 0 Å². The zero-order valence-corrected chi connectivity index (χ0v) is 14.7. The largest absolute Gasteiger partial charge is 0.337 e. The number of unbranched alkanes of at least 4 members (excludes halogenated alkanes) is 3. The summed E-state index contributed by atoms with van der Waals surface area (Å²) in [5.41, 5.74) is 1.71. The Kier molecular flexibility index (Phi) is 5.30. The van der Waals surface area contributed by atoms with Crippen molar-refractivity contribution in [2.45, 2.75) is 45.0 Å². The minimum absolute atomic E-state index is 0.0493. The average Bonchev–Trinajstić information content (AvgIpc) is 2.62. The summed E-state index contributed by atoms with van der Waals surface area (Å²) in [6, 6.07) is 10.3. The number of ketones is 1. The molecule has 0 bridgehead atoms. The molecule has 0 saturated carbocycles. The van der Waals surface area contributed by atoms with E-state index in [1.165, 1.54) is 37.0 Å². The van der Waals surface area contributed by atoms with Crippen molar-refractivity contribution in [3.8, 4) is 11.1 Å². The fourth-order valence-corrected chi connectivity index (χ4v) is 3.27. The van der Waals surface area contributed by atoms with Crippen molar-refractivity contribution in [2.24, 2.45) is 0 Å². The summed E-state index contributed by atoms with van der Waals surface area (Å²) in [6.45, 7) is 2.17. The molecule has 0 spiro atoms. The third-order valence-electron chi connectivity index (χ3n) is 4.76. The van der Waals surface area contributed by atoms with E-state index in [2.05, 4.69) is 6.92 Å². The first-order chi connectivity index (χ1) is 12.4. The minimum atomic E-state index is -3.81. The van der Waals surface area contributed by atoms with Crippen LogP contribution in [0, 0.1) is 5.82 Å². The topological polar surface area (TPSA) is 17.1 Å². The maximum atomic E-state index is 14.3. The second kappa shape index (κ2) is 7.48. The summed E-state index contributed by atoms with van der Waals surface area (Å²) >= 11 is 0. The van der Waals surface area contributed by atoms with Gasteiger partial charge in [0.2, 0.25) is 5.78 Å². The molecule has 0 N–H and O–H groups in total. The molecule has 26 heavy (non-hydrogen) atoms. The van der Waals surface area contributed by atoms with Gasteiger partial charge in [-0.05, 0) is 53.3 Å². The quantitative estimate of drug-likeness (QED) is 0.554. The second-order valence-electron chi connectivity index (χ2n) is 6.70. The Morgan fingerprint density at radius 3 is 2.35 bits per heavy atom. The van der Waals surface area contributed by atoms with Crippen molar-refractivity contribution >= 4 is 11.9 Å². The van der Waals surface area contributed by atoms with Crippen molar-refractivity contribution < 1.29 is 18.0 Å². The highest BCUT2D eigenvalue weighted by Gasteiger charge is 2.45. The predicted octanol–water partition coefficient (Wildman–Crippen LogP) is 6.30. The van der Waals surface area contributed by atoms with Gasteiger partial charge in [0.05, 0.1) is 5.56 Å². The van der Waals surface area contributed by atoms with Gasteiger partial charge in [0.25, 0.3) is 0 Å². The molecule has 0 aromatic heterocycles. The Morgan fingerprint density at radius 1 is 0.923 bits per heavy atom. The van der Waals surface area contributed by atoms with E-state index in [1.54, 1.807) is 0 Å². The van der Waals surface area contributed by atoms with E-state index in [0.717, 1.165) is 30.5 Å². The highest BCUT2D eigenvalue weighted by Crippen LogP contribution is 2.40. The summed E-state index contributed by atoms with van der Waals surface area (Å²) < 4.78 is 42.3. The predicted molar refractivity (Wildman–Crippen MR) is 97.6 cm³/mol. The van der Waals surface area contributed by atoms with Crippen molar-refractivity contribution in [1.29, 1.82) is 0 Å². The number of carbonyl (C=O) groups excluding carboxylic acids is 1. The molecule has 0 radical (unpaired) electrons. The smallest absolute Gasteiger partial charge is 0.288 e. The van der Waals surface area contributed by atoms with Crippen molar-refractivity contribution in [3.05, 3.63) is 65.0 Å². The molecule has 0 saturated heterocycles. The van der Waals surface area contributed by atoms with Crippen molar-refractivity contribution in [3.63, 3.8) is 0 Å². The highest BCUT2D eigenvalue weighted by atomic mass is 19.3. The minimum Gasteiger partial charge on any atom is -0.288 e. The molecule has 0 atom stereocenters. The summed E-state index contributed by atoms with van der Waals surface area (Å²) in [7, 11) is 0. The Labute approximate surface area is 151 Å². The third kappa shape index (κ3) is 3.59. The molecule has 1 aliphatic rings. The molecule has 4 heteroatoms. The van der Waals surface area contributed by atoms with Gasteiger partial charge in [-0.25, -0.2) is 4.39 Å². The Morgan fingerprint density at radius 2 is 1.65 bits per heavy atom. The number of alkyl halides is 2. The van der Waals surface area contributed by atoms with E-state index in [9.17, 15) is 18.0 Å². The van der Waals surface area contributed by atoms with Gasteiger partial charge >= 0.3 is 5.92 Å². The fourth-order valence-electron chi connectivity index (χ4n) is 3.27. The fraction of sp³-hybridized carbons (Fsp3) is 0.318. The van der Waals surface area contributed by atoms with Crippen LogP contribution in [0.3, 0.4) is 0 Å². The molecule has 2 aromatic carbocycles. The zero-order chi connectivity index (χ0) is 18.7. The maximum Gasteiger partial charge on any atom is 0.337 e. The van der Waals surface area contributed by atoms with Crippen LogP contribution in [0.4, 0.5) is 13.2 Å². The van der Waals surface area contributed by atoms with Crippen LogP contribution in [0.15, 0.2) is 42.5 Å². The molecule has 0 fully saturated rings. The van der Waals surface area contributed by atoms with Gasteiger partial charge in [-0.15, -0.1) is 0 Å². The summed E-state index contributed by atoms with van der Waals surface area (Å²) in [4.78, 5) is 11.3. The van der Waals surface area contributed by atoms with E-state index in [4.69, 9.17) is 0 Å². The molecule has 1 aliphatic carbocycles. The van der Waals surface area contributed by atoms with Gasteiger partial charge in [0, 0.05) is 0 Å². The molecule has 0 unspecified atom stereocenters. The average molecular weight is 358 g/mol. The molecule has 0 heterocycles. The SMILES string of the molecule is CCCCCCc1ccc(-c2cc(F)c3c(c2)C=CC(=O)C3(F)F)cc1. The summed E-state index contributed by atoms with van der Waals surface area (Å²) in [5.74, 6) is -6.25. The lowest BCUT2D eigenvalue weighted by molar-refractivity contribution is -0.139. The monoisotopic (exact) mass is 358 g/mol. The Balaban J connectivity index is 1.84. The number of halogens is 3. The van der Waals surface area contributed by atoms with Crippen LogP contribution in [0.2, 0.25) is 0 Å². The van der Waals surface area contributed by atoms with Gasteiger partial charge in [-0.1, -0.05) is 56.5 Å². The van der Waals surface area contributed by atoms with E-state index < -0.39 is 23.1 Å². The van der Waals surface area contributed by atoms with Gasteiger partial charge in [0.1, 0.15) is 5.82 Å². The van der Waals surface area contributed by atoms with Crippen LogP contribution >= 0.6 is 0 Å². The number of benzene rings is 2. The van der Waals surface area contributed by atoms with Crippen LogP contribution in [0.1, 0.15) is 49.3 Å². The molecule has 3 rings (SSSR count). The van der Waals surface area contributed by atoms with E-state index in [-0.39, 0.29) is 5.56 Å². The van der Waals surface area contributed by atoms with E-state index in [1.807, 2.05) is 24.3 Å². The van der Waals surface area contributed by atoms with Gasteiger partial charge < -0.3 is 0 Å². The van der Waals surface area contributed by atoms with Crippen LogP contribution < -0.4 is 0 Å². The number of hydrogen-bond donors (Lipinski definition) is 0. The molecular weight excluding hydrogens is 337 g/mol. The van der Waals surface area contributed by atoms with Crippen molar-refractivity contribution in [2.75, 3.05) is 0 Å². The first kappa shape index (κ1) is 18.4. The zero-order valence-electron chi connectivity index (χ0n) is 14.7. The normalized spacial score (nSPS) is 15.2. The van der Waals surface area contributed by atoms with Gasteiger partial charge in [-0.3, -0.25) is 4.79 Å². The molecule has 1 nitrogen and oxygen atoms in total. The molecule has 136 valence electrons. The first-order valence-corrected chi connectivity index (χ1v) is 8.97. The van der Waals surface area contributed by atoms with Crippen LogP contribution in [-0.4, -0.2) is 5.78 Å². The van der Waals surface area contributed by atoms with Crippen LogP contribution in [0.25, 0.3) is 17.2 Å². The third-order valence-corrected chi connectivity index (χ3v) is 4.76. The Hall–Kier alpha value is -2.36. The molecule has 0 aliphatic heterocycles. The Bertz CT molecular complexity index is 835. The lowest BCUT2D eigenvalue weighted by atomic mass is 9.89.